The van der Waals surface area contributed by atoms with Gasteiger partial charge < -0.3 is 5.32 Å². The first-order valence-corrected chi connectivity index (χ1v) is 5.46. The second-order valence-corrected chi connectivity index (χ2v) is 5.24. The molecule has 4 heteroatoms. The zero-order valence-corrected chi connectivity index (χ0v) is 10.4. The van der Waals surface area contributed by atoms with E-state index in [0.717, 1.165) is 18.8 Å². The number of aryl methyl sites for hydroxylation is 1. The van der Waals surface area contributed by atoms with Gasteiger partial charge in [0.1, 0.15) is 12.2 Å². The van der Waals surface area contributed by atoms with Gasteiger partial charge >= 0.3 is 0 Å². The minimum atomic E-state index is 0.189. The zero-order chi connectivity index (χ0) is 11.5. The molecule has 0 aliphatic heterocycles. The van der Waals surface area contributed by atoms with Crippen LogP contribution in [-0.4, -0.2) is 26.8 Å². The van der Waals surface area contributed by atoms with Crippen molar-refractivity contribution in [3.63, 3.8) is 0 Å². The molecule has 1 unspecified atom stereocenters. The van der Waals surface area contributed by atoms with Gasteiger partial charge in [-0.3, -0.25) is 4.68 Å². The van der Waals surface area contributed by atoms with Crippen molar-refractivity contribution < 1.29 is 0 Å². The predicted molar refractivity (Wildman–Crippen MR) is 61.6 cm³/mol. The molecule has 4 nitrogen and oxygen atoms in total. The lowest BCUT2D eigenvalue weighted by Crippen LogP contribution is -2.39. The molecule has 1 aromatic heterocycles. The highest BCUT2D eigenvalue weighted by molar-refractivity contribution is 4.86. The second kappa shape index (κ2) is 4.75. The molecule has 0 saturated carbocycles. The van der Waals surface area contributed by atoms with Crippen LogP contribution in [0.4, 0.5) is 0 Å². The van der Waals surface area contributed by atoms with Crippen LogP contribution in [0, 0.1) is 5.92 Å². The summed E-state index contributed by atoms with van der Waals surface area (Å²) in [6.45, 7) is 9.79. The Hall–Kier alpha value is -0.900. The fourth-order valence-corrected chi connectivity index (χ4v) is 1.37. The normalized spacial score (nSPS) is 14.2. The molecule has 1 aromatic rings. The standard InChI is InChI=1S/C11H22N4/c1-9(7-13-11(2,3)4)6-10-12-8-14-15(10)5/h8-9,13H,6-7H2,1-5H3. The SMILES string of the molecule is CC(CNC(C)(C)C)Cc1ncnn1C. The van der Waals surface area contributed by atoms with Crippen molar-refractivity contribution in [1.82, 2.24) is 20.1 Å². The Kier molecular flexibility index (Phi) is 3.85. The molecule has 0 spiro atoms. The molecule has 0 aromatic carbocycles. The van der Waals surface area contributed by atoms with Crippen LogP contribution in [0.5, 0.6) is 0 Å². The third-order valence-corrected chi connectivity index (χ3v) is 2.32. The monoisotopic (exact) mass is 210 g/mol. The van der Waals surface area contributed by atoms with Crippen LogP contribution in [0.2, 0.25) is 0 Å². The van der Waals surface area contributed by atoms with Gasteiger partial charge in [0.05, 0.1) is 0 Å². The molecular formula is C11H22N4. The highest BCUT2D eigenvalue weighted by Crippen LogP contribution is 2.06. The molecule has 0 fully saturated rings. The molecule has 1 heterocycles. The van der Waals surface area contributed by atoms with Crippen LogP contribution < -0.4 is 5.32 Å². The molecule has 0 aliphatic rings. The summed E-state index contributed by atoms with van der Waals surface area (Å²) in [7, 11) is 1.94. The Morgan fingerprint density at radius 2 is 2.13 bits per heavy atom. The minimum Gasteiger partial charge on any atom is -0.312 e. The van der Waals surface area contributed by atoms with E-state index in [9.17, 15) is 0 Å². The van der Waals surface area contributed by atoms with Gasteiger partial charge in [-0.25, -0.2) is 4.98 Å². The fourth-order valence-electron chi connectivity index (χ4n) is 1.37. The number of hydrogen-bond donors (Lipinski definition) is 1. The second-order valence-electron chi connectivity index (χ2n) is 5.24. The highest BCUT2D eigenvalue weighted by Gasteiger charge is 2.12. The summed E-state index contributed by atoms with van der Waals surface area (Å²) in [6.07, 6.45) is 2.58. The van der Waals surface area contributed by atoms with Crippen molar-refractivity contribution in [3.05, 3.63) is 12.2 Å². The molecule has 0 amide bonds. The van der Waals surface area contributed by atoms with Crippen LogP contribution in [0.1, 0.15) is 33.5 Å². The quantitative estimate of drug-likeness (QED) is 0.816. The molecular weight excluding hydrogens is 188 g/mol. The number of rotatable bonds is 4. The summed E-state index contributed by atoms with van der Waals surface area (Å²) in [4.78, 5) is 4.22. The first-order chi connectivity index (χ1) is 6.88. The van der Waals surface area contributed by atoms with Gasteiger partial charge in [0.25, 0.3) is 0 Å². The van der Waals surface area contributed by atoms with E-state index < -0.39 is 0 Å². The number of nitrogens with one attached hydrogen (secondary N) is 1. The number of aromatic nitrogens is 3. The van der Waals surface area contributed by atoms with E-state index in [0.29, 0.717) is 5.92 Å². The summed E-state index contributed by atoms with van der Waals surface area (Å²) < 4.78 is 1.84. The highest BCUT2D eigenvalue weighted by atomic mass is 15.3. The van der Waals surface area contributed by atoms with Gasteiger partial charge in [-0.15, -0.1) is 0 Å². The minimum absolute atomic E-state index is 0.189. The molecule has 15 heavy (non-hydrogen) atoms. The maximum Gasteiger partial charge on any atom is 0.138 e. The molecule has 0 aliphatic carbocycles. The third-order valence-electron chi connectivity index (χ3n) is 2.32. The maximum atomic E-state index is 4.22. The molecule has 1 atom stereocenters. The van der Waals surface area contributed by atoms with Gasteiger partial charge in [0, 0.05) is 19.0 Å². The average Bonchev–Trinajstić information content (AvgIpc) is 2.47. The Morgan fingerprint density at radius 1 is 1.47 bits per heavy atom. The van der Waals surface area contributed by atoms with Crippen LogP contribution in [0.15, 0.2) is 6.33 Å². The van der Waals surface area contributed by atoms with Crippen LogP contribution >= 0.6 is 0 Å². The van der Waals surface area contributed by atoms with Crippen molar-refractivity contribution >= 4 is 0 Å². The number of nitrogens with zero attached hydrogens (tertiary/aromatic N) is 3. The Balaban J connectivity index is 2.37. The Labute approximate surface area is 92.1 Å². The first kappa shape index (κ1) is 12.2. The van der Waals surface area contributed by atoms with Gasteiger partial charge in [-0.05, 0) is 33.2 Å². The summed E-state index contributed by atoms with van der Waals surface area (Å²) in [6, 6.07) is 0. The predicted octanol–water partition coefficient (Wildman–Crippen LogP) is 1.38. The third kappa shape index (κ3) is 4.42. The molecule has 0 saturated heterocycles. The molecule has 86 valence electrons. The maximum absolute atomic E-state index is 4.22. The van der Waals surface area contributed by atoms with E-state index in [2.05, 4.69) is 43.1 Å². The first-order valence-electron chi connectivity index (χ1n) is 5.46. The van der Waals surface area contributed by atoms with Crippen LogP contribution in [0.25, 0.3) is 0 Å². The van der Waals surface area contributed by atoms with Crippen molar-refractivity contribution in [2.24, 2.45) is 13.0 Å². The summed E-state index contributed by atoms with van der Waals surface area (Å²) in [5, 5.41) is 7.56. The number of hydrogen-bond acceptors (Lipinski definition) is 3. The lowest BCUT2D eigenvalue weighted by molar-refractivity contribution is 0.377. The summed E-state index contributed by atoms with van der Waals surface area (Å²) in [5.41, 5.74) is 0.189. The lowest BCUT2D eigenvalue weighted by atomic mass is 10.0. The van der Waals surface area contributed by atoms with Crippen molar-refractivity contribution in [2.75, 3.05) is 6.54 Å². The van der Waals surface area contributed by atoms with E-state index in [4.69, 9.17) is 0 Å². The molecule has 0 radical (unpaired) electrons. The topological polar surface area (TPSA) is 42.7 Å². The average molecular weight is 210 g/mol. The van der Waals surface area contributed by atoms with Crippen LogP contribution in [0.3, 0.4) is 0 Å². The Morgan fingerprint density at radius 3 is 2.60 bits per heavy atom. The largest absolute Gasteiger partial charge is 0.312 e. The zero-order valence-electron chi connectivity index (χ0n) is 10.4. The van der Waals surface area contributed by atoms with Gasteiger partial charge in [-0.1, -0.05) is 6.92 Å². The van der Waals surface area contributed by atoms with Gasteiger partial charge in [-0.2, -0.15) is 5.10 Å². The van der Waals surface area contributed by atoms with Crippen molar-refractivity contribution in [1.29, 1.82) is 0 Å². The van der Waals surface area contributed by atoms with Crippen molar-refractivity contribution in [2.45, 2.75) is 39.7 Å². The fraction of sp³-hybridized carbons (Fsp3) is 0.818. The lowest BCUT2D eigenvalue weighted by Gasteiger charge is -2.23. The van der Waals surface area contributed by atoms with Gasteiger partial charge in [0.2, 0.25) is 0 Å². The van der Waals surface area contributed by atoms with E-state index in [1.165, 1.54) is 0 Å². The Bertz CT molecular complexity index is 298. The summed E-state index contributed by atoms with van der Waals surface area (Å²) in [5.74, 6) is 1.63. The van der Waals surface area contributed by atoms with E-state index in [1.807, 2.05) is 11.7 Å². The van der Waals surface area contributed by atoms with Gasteiger partial charge in [0.15, 0.2) is 0 Å². The van der Waals surface area contributed by atoms with Crippen LogP contribution in [-0.2, 0) is 13.5 Å². The van der Waals surface area contributed by atoms with Crippen molar-refractivity contribution in [3.8, 4) is 0 Å². The van der Waals surface area contributed by atoms with E-state index >= 15 is 0 Å². The molecule has 0 bridgehead atoms. The molecule has 1 N–H and O–H groups in total. The van der Waals surface area contributed by atoms with E-state index in [-0.39, 0.29) is 5.54 Å². The van der Waals surface area contributed by atoms with E-state index in [1.54, 1.807) is 6.33 Å². The molecule has 1 rings (SSSR count). The summed E-state index contributed by atoms with van der Waals surface area (Å²) >= 11 is 0. The smallest absolute Gasteiger partial charge is 0.138 e.